The second-order valence-electron chi connectivity index (χ2n) is 4.30. The molecule has 2 rings (SSSR count). The van der Waals surface area contributed by atoms with Crippen LogP contribution in [0.4, 0.5) is 0 Å². The summed E-state index contributed by atoms with van der Waals surface area (Å²) in [7, 11) is 1.51. The van der Waals surface area contributed by atoms with Crippen molar-refractivity contribution in [2.24, 2.45) is 0 Å². The Morgan fingerprint density at radius 3 is 2.67 bits per heavy atom. The lowest BCUT2D eigenvalue weighted by Gasteiger charge is -2.07. The fraction of sp³-hybridized carbons (Fsp3) is 0.0625. The summed E-state index contributed by atoms with van der Waals surface area (Å²) in [5, 5.41) is 19.6. The van der Waals surface area contributed by atoms with Crippen LogP contribution in [-0.4, -0.2) is 23.3 Å². The van der Waals surface area contributed by atoms with Crippen LogP contribution in [-0.2, 0) is 4.79 Å². The van der Waals surface area contributed by atoms with Crippen molar-refractivity contribution >= 4 is 29.2 Å². The second-order valence-corrected chi connectivity index (χ2v) is 4.73. The monoisotopic (exact) mass is 304 g/mol. The number of phenols is 1. The molecule has 4 nitrogen and oxygen atoms in total. The number of phenolic OH excluding ortho intramolecular Hbond substituents is 1. The van der Waals surface area contributed by atoms with Gasteiger partial charge in [-0.25, -0.2) is 4.79 Å². The number of hydrogen-bond acceptors (Lipinski definition) is 3. The van der Waals surface area contributed by atoms with Crippen molar-refractivity contribution in [2.45, 2.75) is 0 Å². The number of carboxylic acid groups (broad SMARTS) is 1. The molecule has 0 amide bonds. The average molecular weight is 305 g/mol. The van der Waals surface area contributed by atoms with Gasteiger partial charge in [-0.1, -0.05) is 23.7 Å². The normalized spacial score (nSPS) is 11.2. The van der Waals surface area contributed by atoms with Crippen molar-refractivity contribution < 1.29 is 19.7 Å². The van der Waals surface area contributed by atoms with E-state index in [1.165, 1.54) is 31.4 Å². The highest BCUT2D eigenvalue weighted by molar-refractivity contribution is 6.31. The minimum atomic E-state index is -1.11. The zero-order chi connectivity index (χ0) is 15.4. The molecular formula is C16H13ClO4. The van der Waals surface area contributed by atoms with Gasteiger partial charge in [0.2, 0.25) is 0 Å². The molecule has 2 N–H and O–H groups in total. The quantitative estimate of drug-likeness (QED) is 0.668. The topological polar surface area (TPSA) is 66.8 Å². The molecule has 0 unspecified atom stereocenters. The van der Waals surface area contributed by atoms with Crippen LogP contribution in [0, 0.1) is 0 Å². The van der Waals surface area contributed by atoms with E-state index < -0.39 is 5.97 Å². The van der Waals surface area contributed by atoms with Crippen molar-refractivity contribution in [1.82, 2.24) is 0 Å². The van der Waals surface area contributed by atoms with Crippen LogP contribution in [0.25, 0.3) is 11.6 Å². The van der Waals surface area contributed by atoms with Gasteiger partial charge >= 0.3 is 5.97 Å². The first-order valence-corrected chi connectivity index (χ1v) is 6.47. The Morgan fingerprint density at radius 1 is 1.24 bits per heavy atom. The minimum absolute atomic E-state index is 0.0338. The van der Waals surface area contributed by atoms with Crippen molar-refractivity contribution in [3.63, 3.8) is 0 Å². The fourth-order valence-electron chi connectivity index (χ4n) is 1.86. The summed E-state index contributed by atoms with van der Waals surface area (Å²) in [4.78, 5) is 11.5. The summed E-state index contributed by atoms with van der Waals surface area (Å²) in [5.41, 5.74) is 0.843. The molecule has 0 aromatic heterocycles. The van der Waals surface area contributed by atoms with E-state index in [2.05, 4.69) is 0 Å². The van der Waals surface area contributed by atoms with Crippen LogP contribution in [0.1, 0.15) is 11.1 Å². The van der Waals surface area contributed by atoms with Gasteiger partial charge in [0, 0.05) is 10.6 Å². The van der Waals surface area contributed by atoms with E-state index in [1.54, 1.807) is 24.3 Å². The van der Waals surface area contributed by atoms with E-state index in [0.717, 1.165) is 0 Å². The SMILES string of the molecule is COc1cccc(/C(=C/c2cc(Cl)ccc2O)C(=O)O)c1. The third kappa shape index (κ3) is 3.55. The number of methoxy groups -OCH3 is 1. The summed E-state index contributed by atoms with van der Waals surface area (Å²) < 4.78 is 5.09. The third-order valence-corrected chi connectivity index (χ3v) is 3.14. The third-order valence-electron chi connectivity index (χ3n) is 2.90. The smallest absolute Gasteiger partial charge is 0.336 e. The maximum atomic E-state index is 11.5. The minimum Gasteiger partial charge on any atom is -0.507 e. The molecule has 108 valence electrons. The molecule has 0 bridgehead atoms. The summed E-state index contributed by atoms with van der Waals surface area (Å²) in [6, 6.07) is 11.1. The fourth-order valence-corrected chi connectivity index (χ4v) is 2.04. The summed E-state index contributed by atoms with van der Waals surface area (Å²) in [5.74, 6) is -0.598. The van der Waals surface area contributed by atoms with Crippen molar-refractivity contribution in [3.8, 4) is 11.5 Å². The van der Waals surface area contributed by atoms with E-state index in [-0.39, 0.29) is 11.3 Å². The molecule has 0 radical (unpaired) electrons. The Balaban J connectivity index is 2.55. The van der Waals surface area contributed by atoms with Gasteiger partial charge in [0.15, 0.2) is 0 Å². The van der Waals surface area contributed by atoms with Gasteiger partial charge in [0.25, 0.3) is 0 Å². The summed E-state index contributed by atoms with van der Waals surface area (Å²) in [6.07, 6.45) is 1.37. The Kier molecular flexibility index (Phi) is 4.50. The number of hydrogen-bond donors (Lipinski definition) is 2. The van der Waals surface area contributed by atoms with Gasteiger partial charge < -0.3 is 14.9 Å². The van der Waals surface area contributed by atoms with Gasteiger partial charge in [-0.3, -0.25) is 0 Å². The molecule has 0 aliphatic rings. The Hall–Kier alpha value is -2.46. The maximum absolute atomic E-state index is 11.5. The van der Waals surface area contributed by atoms with Crippen LogP contribution in [0.5, 0.6) is 11.5 Å². The van der Waals surface area contributed by atoms with E-state index in [9.17, 15) is 15.0 Å². The highest BCUT2D eigenvalue weighted by Gasteiger charge is 2.12. The Labute approximate surface area is 126 Å². The zero-order valence-electron chi connectivity index (χ0n) is 11.2. The lowest BCUT2D eigenvalue weighted by Crippen LogP contribution is -2.00. The Bertz CT molecular complexity index is 707. The number of rotatable bonds is 4. The van der Waals surface area contributed by atoms with Crippen LogP contribution in [0.3, 0.4) is 0 Å². The van der Waals surface area contributed by atoms with Gasteiger partial charge in [0.1, 0.15) is 11.5 Å². The van der Waals surface area contributed by atoms with E-state index in [0.29, 0.717) is 21.9 Å². The number of benzene rings is 2. The first-order chi connectivity index (χ1) is 10.0. The Morgan fingerprint density at radius 2 is 2.00 bits per heavy atom. The van der Waals surface area contributed by atoms with E-state index in [1.807, 2.05) is 0 Å². The predicted molar refractivity (Wildman–Crippen MR) is 81.6 cm³/mol. The average Bonchev–Trinajstić information content (AvgIpc) is 2.47. The number of carboxylic acids is 1. The number of aromatic hydroxyl groups is 1. The molecule has 0 spiro atoms. The molecule has 0 atom stereocenters. The summed E-state index contributed by atoms with van der Waals surface area (Å²) >= 11 is 5.87. The number of ether oxygens (including phenoxy) is 1. The highest BCUT2D eigenvalue weighted by atomic mass is 35.5. The van der Waals surface area contributed by atoms with E-state index in [4.69, 9.17) is 16.3 Å². The molecule has 5 heteroatoms. The van der Waals surface area contributed by atoms with Crippen LogP contribution < -0.4 is 4.74 Å². The number of carbonyl (C=O) groups is 1. The number of aliphatic carboxylic acids is 1. The molecule has 0 saturated heterocycles. The first kappa shape index (κ1) is 14.9. The van der Waals surface area contributed by atoms with Crippen molar-refractivity contribution in [2.75, 3.05) is 7.11 Å². The van der Waals surface area contributed by atoms with Crippen LogP contribution in [0.15, 0.2) is 42.5 Å². The molecule has 21 heavy (non-hydrogen) atoms. The molecule has 0 aliphatic heterocycles. The lowest BCUT2D eigenvalue weighted by molar-refractivity contribution is -0.130. The lowest BCUT2D eigenvalue weighted by atomic mass is 10.0. The number of halogens is 1. The van der Waals surface area contributed by atoms with Gasteiger partial charge in [-0.15, -0.1) is 0 Å². The predicted octanol–water partition coefficient (Wildman–Crippen LogP) is 3.68. The highest BCUT2D eigenvalue weighted by Crippen LogP contribution is 2.28. The molecule has 0 aliphatic carbocycles. The van der Waals surface area contributed by atoms with Crippen molar-refractivity contribution in [3.05, 3.63) is 58.6 Å². The van der Waals surface area contributed by atoms with Gasteiger partial charge in [0.05, 0.1) is 12.7 Å². The first-order valence-electron chi connectivity index (χ1n) is 6.09. The molecule has 0 saturated carbocycles. The van der Waals surface area contributed by atoms with Crippen LogP contribution >= 0.6 is 11.6 Å². The summed E-state index contributed by atoms with van der Waals surface area (Å²) in [6.45, 7) is 0. The zero-order valence-corrected chi connectivity index (χ0v) is 12.0. The molecule has 2 aromatic carbocycles. The molecule has 0 fully saturated rings. The van der Waals surface area contributed by atoms with Gasteiger partial charge in [-0.05, 0) is 42.0 Å². The second kappa shape index (κ2) is 6.33. The standard InChI is InChI=1S/C16H13ClO4/c1-21-13-4-2-3-10(8-13)14(16(19)20)9-11-7-12(17)5-6-15(11)18/h2-9,18H,1H3,(H,19,20)/b14-9-. The maximum Gasteiger partial charge on any atom is 0.336 e. The molecule has 0 heterocycles. The van der Waals surface area contributed by atoms with E-state index >= 15 is 0 Å². The molecular weight excluding hydrogens is 292 g/mol. The largest absolute Gasteiger partial charge is 0.507 e. The van der Waals surface area contributed by atoms with Gasteiger partial charge in [-0.2, -0.15) is 0 Å². The molecule has 2 aromatic rings. The van der Waals surface area contributed by atoms with Crippen LogP contribution in [0.2, 0.25) is 5.02 Å². The van der Waals surface area contributed by atoms with Crippen molar-refractivity contribution in [1.29, 1.82) is 0 Å².